The number of nitrogens with zero attached hydrogens (tertiary/aromatic N) is 1. The smallest absolute Gasteiger partial charge is 0.224 e. The van der Waals surface area contributed by atoms with Crippen LogP contribution in [0.4, 0.5) is 0 Å². The zero-order chi connectivity index (χ0) is 21.5. The number of methoxy groups -OCH3 is 1. The van der Waals surface area contributed by atoms with Gasteiger partial charge in [0.15, 0.2) is 0 Å². The second kappa shape index (κ2) is 10.1. The van der Waals surface area contributed by atoms with Gasteiger partial charge in [-0.05, 0) is 48.9 Å². The Labute approximate surface area is 183 Å². The Morgan fingerprint density at radius 3 is 2.61 bits per heavy atom. The van der Waals surface area contributed by atoms with Gasteiger partial charge in [0.1, 0.15) is 17.2 Å². The van der Waals surface area contributed by atoms with Crippen LogP contribution in [0, 0.1) is 5.92 Å². The standard InChI is InChI=1S/C26H28N2O3/c1-30-25-13-6-5-9-21(25)17-27-26(29)22-14-15-28(19-22)18-20-8-7-12-24(16-20)31-23-10-3-2-4-11-23/h2-13,16,22H,14-15,17-19H2,1H3,(H,27,29). The molecule has 3 aromatic rings. The van der Waals surface area contributed by atoms with Gasteiger partial charge in [-0.3, -0.25) is 9.69 Å². The number of ether oxygens (including phenoxy) is 2. The molecular formula is C26H28N2O3. The first-order valence-electron chi connectivity index (χ1n) is 10.6. The van der Waals surface area contributed by atoms with Gasteiger partial charge in [0.05, 0.1) is 13.0 Å². The molecule has 1 amide bonds. The van der Waals surface area contributed by atoms with Crippen LogP contribution in [-0.4, -0.2) is 31.0 Å². The van der Waals surface area contributed by atoms with Gasteiger partial charge in [0.2, 0.25) is 5.91 Å². The summed E-state index contributed by atoms with van der Waals surface area (Å²) in [6, 6.07) is 25.7. The lowest BCUT2D eigenvalue weighted by molar-refractivity contribution is -0.124. The van der Waals surface area contributed by atoms with E-state index in [1.165, 1.54) is 5.56 Å². The molecule has 5 nitrogen and oxygen atoms in total. The highest BCUT2D eigenvalue weighted by molar-refractivity contribution is 5.79. The summed E-state index contributed by atoms with van der Waals surface area (Å²) in [4.78, 5) is 15.0. The van der Waals surface area contributed by atoms with E-state index in [4.69, 9.17) is 9.47 Å². The van der Waals surface area contributed by atoms with E-state index in [9.17, 15) is 4.79 Å². The molecule has 1 atom stereocenters. The van der Waals surface area contributed by atoms with Crippen LogP contribution in [0.5, 0.6) is 17.2 Å². The monoisotopic (exact) mass is 416 g/mol. The molecule has 1 heterocycles. The maximum atomic E-state index is 12.7. The Morgan fingerprint density at radius 1 is 1.00 bits per heavy atom. The van der Waals surface area contributed by atoms with Crippen molar-refractivity contribution < 1.29 is 14.3 Å². The Bertz CT molecular complexity index is 1010. The lowest BCUT2D eigenvalue weighted by Gasteiger charge is -2.17. The van der Waals surface area contributed by atoms with E-state index < -0.39 is 0 Å². The molecule has 160 valence electrons. The third-order valence-corrected chi connectivity index (χ3v) is 5.57. The van der Waals surface area contributed by atoms with Crippen LogP contribution in [0.3, 0.4) is 0 Å². The normalized spacial score (nSPS) is 16.1. The second-order valence-corrected chi connectivity index (χ2v) is 7.81. The van der Waals surface area contributed by atoms with Crippen molar-refractivity contribution in [2.45, 2.75) is 19.5 Å². The Hall–Kier alpha value is -3.31. The van der Waals surface area contributed by atoms with E-state index in [2.05, 4.69) is 22.3 Å². The van der Waals surface area contributed by atoms with Crippen LogP contribution in [0.1, 0.15) is 17.5 Å². The van der Waals surface area contributed by atoms with Crippen molar-refractivity contribution in [3.63, 3.8) is 0 Å². The van der Waals surface area contributed by atoms with Crippen molar-refractivity contribution in [1.29, 1.82) is 0 Å². The maximum Gasteiger partial charge on any atom is 0.224 e. The maximum absolute atomic E-state index is 12.7. The number of carbonyl (C=O) groups is 1. The van der Waals surface area contributed by atoms with Gasteiger partial charge in [-0.1, -0.05) is 48.5 Å². The lowest BCUT2D eigenvalue weighted by Crippen LogP contribution is -2.32. The first kappa shape index (κ1) is 20.9. The molecule has 0 saturated carbocycles. The van der Waals surface area contributed by atoms with Crippen molar-refractivity contribution in [2.24, 2.45) is 5.92 Å². The molecule has 1 N–H and O–H groups in total. The fraction of sp³-hybridized carbons (Fsp3) is 0.269. The molecule has 0 aliphatic carbocycles. The summed E-state index contributed by atoms with van der Waals surface area (Å²) < 4.78 is 11.3. The number of hydrogen-bond acceptors (Lipinski definition) is 4. The van der Waals surface area contributed by atoms with Crippen molar-refractivity contribution in [3.8, 4) is 17.2 Å². The number of benzene rings is 3. The third-order valence-electron chi connectivity index (χ3n) is 5.57. The Kier molecular flexibility index (Phi) is 6.85. The number of para-hydroxylation sites is 2. The zero-order valence-corrected chi connectivity index (χ0v) is 17.8. The molecule has 1 unspecified atom stereocenters. The summed E-state index contributed by atoms with van der Waals surface area (Å²) in [7, 11) is 1.65. The predicted molar refractivity (Wildman–Crippen MR) is 121 cm³/mol. The van der Waals surface area contributed by atoms with E-state index in [-0.39, 0.29) is 11.8 Å². The number of likely N-dealkylation sites (tertiary alicyclic amines) is 1. The molecule has 1 saturated heterocycles. The molecule has 1 aliphatic rings. The van der Waals surface area contributed by atoms with E-state index in [0.29, 0.717) is 6.54 Å². The van der Waals surface area contributed by atoms with E-state index in [0.717, 1.165) is 48.9 Å². The first-order valence-corrected chi connectivity index (χ1v) is 10.6. The van der Waals surface area contributed by atoms with Crippen LogP contribution in [0.2, 0.25) is 0 Å². The minimum absolute atomic E-state index is 0.0125. The average Bonchev–Trinajstić information content (AvgIpc) is 3.27. The highest BCUT2D eigenvalue weighted by Crippen LogP contribution is 2.24. The van der Waals surface area contributed by atoms with E-state index in [1.54, 1.807) is 7.11 Å². The number of rotatable bonds is 8. The molecule has 31 heavy (non-hydrogen) atoms. The molecule has 0 radical (unpaired) electrons. The van der Waals surface area contributed by atoms with Gasteiger partial charge in [0.25, 0.3) is 0 Å². The van der Waals surface area contributed by atoms with Gasteiger partial charge in [-0.2, -0.15) is 0 Å². The molecule has 0 aromatic heterocycles. The minimum atomic E-state index is 0.0125. The zero-order valence-electron chi connectivity index (χ0n) is 17.8. The topological polar surface area (TPSA) is 50.8 Å². The van der Waals surface area contributed by atoms with Crippen molar-refractivity contribution >= 4 is 5.91 Å². The molecule has 3 aromatic carbocycles. The number of amides is 1. The number of nitrogens with one attached hydrogen (secondary N) is 1. The summed E-state index contributed by atoms with van der Waals surface area (Å²) in [5.74, 6) is 2.57. The van der Waals surface area contributed by atoms with Crippen molar-refractivity contribution in [2.75, 3.05) is 20.2 Å². The van der Waals surface area contributed by atoms with Crippen molar-refractivity contribution in [3.05, 3.63) is 90.0 Å². The van der Waals surface area contributed by atoms with Gasteiger partial charge >= 0.3 is 0 Å². The second-order valence-electron chi connectivity index (χ2n) is 7.81. The van der Waals surface area contributed by atoms with Gasteiger partial charge in [-0.15, -0.1) is 0 Å². The van der Waals surface area contributed by atoms with Gasteiger partial charge < -0.3 is 14.8 Å². The molecule has 1 fully saturated rings. The summed E-state index contributed by atoms with van der Waals surface area (Å²) in [5.41, 5.74) is 2.17. The summed E-state index contributed by atoms with van der Waals surface area (Å²) >= 11 is 0. The Morgan fingerprint density at radius 2 is 1.77 bits per heavy atom. The van der Waals surface area contributed by atoms with E-state index in [1.807, 2.05) is 66.7 Å². The highest BCUT2D eigenvalue weighted by atomic mass is 16.5. The fourth-order valence-corrected chi connectivity index (χ4v) is 3.96. The van der Waals surface area contributed by atoms with Crippen molar-refractivity contribution in [1.82, 2.24) is 10.2 Å². The fourth-order valence-electron chi connectivity index (χ4n) is 3.96. The third kappa shape index (κ3) is 5.64. The SMILES string of the molecule is COc1ccccc1CNC(=O)C1CCN(Cc2cccc(Oc3ccccc3)c2)C1. The molecule has 5 heteroatoms. The highest BCUT2D eigenvalue weighted by Gasteiger charge is 2.28. The molecular weight excluding hydrogens is 388 g/mol. The van der Waals surface area contributed by atoms with E-state index >= 15 is 0 Å². The summed E-state index contributed by atoms with van der Waals surface area (Å²) in [5, 5.41) is 3.07. The lowest BCUT2D eigenvalue weighted by atomic mass is 10.1. The molecule has 0 spiro atoms. The van der Waals surface area contributed by atoms with Crippen LogP contribution in [0.15, 0.2) is 78.9 Å². The van der Waals surface area contributed by atoms with Gasteiger partial charge in [0, 0.05) is 25.2 Å². The number of hydrogen-bond donors (Lipinski definition) is 1. The molecule has 4 rings (SSSR count). The number of carbonyl (C=O) groups excluding carboxylic acids is 1. The molecule has 1 aliphatic heterocycles. The van der Waals surface area contributed by atoms with Crippen LogP contribution >= 0.6 is 0 Å². The average molecular weight is 417 g/mol. The summed E-state index contributed by atoms with van der Waals surface area (Å²) in [6.07, 6.45) is 0.873. The largest absolute Gasteiger partial charge is 0.496 e. The molecule has 0 bridgehead atoms. The minimum Gasteiger partial charge on any atom is -0.496 e. The van der Waals surface area contributed by atoms with Crippen LogP contribution < -0.4 is 14.8 Å². The van der Waals surface area contributed by atoms with Crippen LogP contribution in [-0.2, 0) is 17.9 Å². The van der Waals surface area contributed by atoms with Gasteiger partial charge in [-0.25, -0.2) is 0 Å². The quantitative estimate of drug-likeness (QED) is 0.582. The predicted octanol–water partition coefficient (Wildman–Crippen LogP) is 4.63. The first-order chi connectivity index (χ1) is 15.2. The summed E-state index contributed by atoms with van der Waals surface area (Å²) in [6.45, 7) is 2.97. The Balaban J connectivity index is 1.29. The van der Waals surface area contributed by atoms with Crippen LogP contribution in [0.25, 0.3) is 0 Å².